The molecular formula is C19H26N4O4. The third-order valence-electron chi connectivity index (χ3n) is 5.56. The largest absolute Gasteiger partial charge is 0.354 e. The van der Waals surface area contributed by atoms with Crippen LogP contribution in [0.5, 0.6) is 0 Å². The zero-order chi connectivity index (χ0) is 19.8. The Morgan fingerprint density at radius 3 is 2.44 bits per heavy atom. The Morgan fingerprint density at radius 2 is 1.85 bits per heavy atom. The van der Waals surface area contributed by atoms with E-state index in [1.54, 1.807) is 13.8 Å². The topological polar surface area (TPSA) is 111 Å². The molecule has 1 aromatic rings. The van der Waals surface area contributed by atoms with Crippen molar-refractivity contribution in [2.75, 3.05) is 13.1 Å². The number of amides is 4. The van der Waals surface area contributed by atoms with Gasteiger partial charge in [0.25, 0.3) is 11.8 Å². The monoisotopic (exact) mass is 374 g/mol. The molecule has 8 heteroatoms. The van der Waals surface area contributed by atoms with Gasteiger partial charge in [-0.1, -0.05) is 12.8 Å². The molecule has 1 aromatic heterocycles. The number of carbonyl (C=O) groups excluding carboxylic acids is 4. The summed E-state index contributed by atoms with van der Waals surface area (Å²) in [6.45, 7) is 5.57. The molecule has 146 valence electrons. The van der Waals surface area contributed by atoms with E-state index in [0.717, 1.165) is 12.8 Å². The molecule has 1 saturated carbocycles. The molecule has 27 heavy (non-hydrogen) atoms. The van der Waals surface area contributed by atoms with Gasteiger partial charge in [0.05, 0.1) is 0 Å². The van der Waals surface area contributed by atoms with Gasteiger partial charge in [0.1, 0.15) is 11.2 Å². The van der Waals surface area contributed by atoms with Crippen molar-refractivity contribution in [3.05, 3.63) is 22.5 Å². The van der Waals surface area contributed by atoms with E-state index in [1.165, 1.54) is 11.8 Å². The molecule has 2 heterocycles. The van der Waals surface area contributed by atoms with Crippen molar-refractivity contribution in [1.82, 2.24) is 20.5 Å². The lowest BCUT2D eigenvalue weighted by atomic mass is 9.98. The van der Waals surface area contributed by atoms with Crippen LogP contribution < -0.4 is 10.6 Å². The SMILES string of the molecule is CC(=O)c1c(C)[nH]c(C(=O)NCCCN2C(=O)NC3(CCCC3)C2=O)c1C. The minimum Gasteiger partial charge on any atom is -0.354 e. The minimum atomic E-state index is -0.692. The second kappa shape index (κ2) is 7.17. The smallest absolute Gasteiger partial charge is 0.325 e. The number of aromatic amines is 1. The Balaban J connectivity index is 1.53. The first kappa shape index (κ1) is 19.1. The van der Waals surface area contributed by atoms with Crippen LogP contribution in [0.4, 0.5) is 4.79 Å². The van der Waals surface area contributed by atoms with Crippen molar-refractivity contribution in [2.24, 2.45) is 0 Å². The molecule has 1 aliphatic carbocycles. The number of hydrogen-bond donors (Lipinski definition) is 3. The van der Waals surface area contributed by atoms with E-state index in [4.69, 9.17) is 0 Å². The number of ketones is 1. The van der Waals surface area contributed by atoms with Crippen LogP contribution in [0, 0.1) is 13.8 Å². The maximum Gasteiger partial charge on any atom is 0.325 e. The predicted octanol–water partition coefficient (Wildman–Crippen LogP) is 1.82. The molecule has 1 aliphatic heterocycles. The van der Waals surface area contributed by atoms with E-state index in [9.17, 15) is 19.2 Å². The number of hydrogen-bond acceptors (Lipinski definition) is 4. The molecule has 3 N–H and O–H groups in total. The molecule has 2 aliphatic rings. The van der Waals surface area contributed by atoms with Crippen LogP contribution in [-0.4, -0.2) is 52.1 Å². The van der Waals surface area contributed by atoms with Crippen LogP contribution in [-0.2, 0) is 4.79 Å². The molecule has 3 rings (SSSR count). The van der Waals surface area contributed by atoms with E-state index in [2.05, 4.69) is 15.6 Å². The summed E-state index contributed by atoms with van der Waals surface area (Å²) in [7, 11) is 0. The first-order valence-corrected chi connectivity index (χ1v) is 9.39. The van der Waals surface area contributed by atoms with Crippen molar-refractivity contribution >= 4 is 23.6 Å². The summed E-state index contributed by atoms with van der Waals surface area (Å²) < 4.78 is 0. The van der Waals surface area contributed by atoms with E-state index in [0.29, 0.717) is 48.3 Å². The van der Waals surface area contributed by atoms with Crippen molar-refractivity contribution in [2.45, 2.75) is 58.4 Å². The van der Waals surface area contributed by atoms with Crippen LogP contribution in [0.15, 0.2) is 0 Å². The predicted molar refractivity (Wildman–Crippen MR) is 98.7 cm³/mol. The van der Waals surface area contributed by atoms with Crippen LogP contribution in [0.1, 0.15) is 71.1 Å². The van der Waals surface area contributed by atoms with Gasteiger partial charge in [-0.3, -0.25) is 19.3 Å². The van der Waals surface area contributed by atoms with E-state index >= 15 is 0 Å². The average molecular weight is 374 g/mol. The van der Waals surface area contributed by atoms with Gasteiger partial charge in [-0.25, -0.2) is 4.79 Å². The molecule has 8 nitrogen and oxygen atoms in total. The van der Waals surface area contributed by atoms with E-state index in [-0.39, 0.29) is 30.2 Å². The van der Waals surface area contributed by atoms with Crippen molar-refractivity contribution in [3.63, 3.8) is 0 Å². The molecule has 0 atom stereocenters. The van der Waals surface area contributed by atoms with E-state index in [1.807, 2.05) is 0 Å². The molecular weight excluding hydrogens is 348 g/mol. The molecule has 0 unspecified atom stereocenters. The standard InChI is InChI=1S/C19H26N4O4/c1-11-14(13(3)24)12(2)21-15(11)16(25)20-9-6-10-23-17(26)19(22-18(23)27)7-4-5-8-19/h21H,4-10H2,1-3H3,(H,20,25)(H,22,27). The van der Waals surface area contributed by atoms with Gasteiger partial charge < -0.3 is 15.6 Å². The summed E-state index contributed by atoms with van der Waals surface area (Å²) in [5.74, 6) is -0.523. The van der Waals surface area contributed by atoms with Crippen LogP contribution >= 0.6 is 0 Å². The number of carbonyl (C=O) groups is 4. The number of H-pyrrole nitrogens is 1. The number of nitrogens with zero attached hydrogens (tertiary/aromatic N) is 1. The van der Waals surface area contributed by atoms with Crippen LogP contribution in [0.2, 0.25) is 0 Å². The Labute approximate surface area is 158 Å². The summed E-state index contributed by atoms with van der Waals surface area (Å²) >= 11 is 0. The number of urea groups is 1. The Bertz CT molecular complexity index is 805. The molecule has 0 bridgehead atoms. The minimum absolute atomic E-state index is 0.0836. The average Bonchev–Trinajstić information content (AvgIpc) is 3.24. The zero-order valence-electron chi connectivity index (χ0n) is 16.0. The summed E-state index contributed by atoms with van der Waals surface area (Å²) in [6.07, 6.45) is 3.78. The van der Waals surface area contributed by atoms with Gasteiger partial charge in [-0.15, -0.1) is 0 Å². The highest BCUT2D eigenvalue weighted by atomic mass is 16.2. The lowest BCUT2D eigenvalue weighted by molar-refractivity contribution is -0.131. The number of imide groups is 1. The molecule has 0 radical (unpaired) electrons. The lowest BCUT2D eigenvalue weighted by Crippen LogP contribution is -2.44. The van der Waals surface area contributed by atoms with Gasteiger partial charge in [0.2, 0.25) is 0 Å². The van der Waals surface area contributed by atoms with Gasteiger partial charge in [-0.05, 0) is 45.6 Å². The number of Topliss-reactive ketones (excluding diaryl/α,β-unsaturated/α-hetero) is 1. The Hall–Kier alpha value is -2.64. The third kappa shape index (κ3) is 3.36. The van der Waals surface area contributed by atoms with Crippen molar-refractivity contribution in [3.8, 4) is 0 Å². The third-order valence-corrected chi connectivity index (χ3v) is 5.56. The van der Waals surface area contributed by atoms with Gasteiger partial charge in [0, 0.05) is 24.3 Å². The lowest BCUT2D eigenvalue weighted by Gasteiger charge is -2.20. The summed E-state index contributed by atoms with van der Waals surface area (Å²) in [4.78, 5) is 52.9. The first-order valence-electron chi connectivity index (χ1n) is 9.39. The zero-order valence-corrected chi connectivity index (χ0v) is 16.0. The molecule has 1 saturated heterocycles. The summed E-state index contributed by atoms with van der Waals surface area (Å²) in [5, 5.41) is 5.63. The Kier molecular flexibility index (Phi) is 5.08. The number of rotatable bonds is 6. The number of aromatic nitrogens is 1. The first-order chi connectivity index (χ1) is 12.8. The Morgan fingerprint density at radius 1 is 1.19 bits per heavy atom. The highest BCUT2D eigenvalue weighted by molar-refractivity contribution is 6.07. The van der Waals surface area contributed by atoms with Crippen LogP contribution in [0.3, 0.4) is 0 Å². The quantitative estimate of drug-likeness (QED) is 0.401. The number of aryl methyl sites for hydroxylation is 1. The highest BCUT2D eigenvalue weighted by Crippen LogP contribution is 2.34. The maximum atomic E-state index is 12.6. The fourth-order valence-corrected chi connectivity index (χ4v) is 4.23. The second-order valence-corrected chi connectivity index (χ2v) is 7.47. The maximum absolute atomic E-state index is 12.6. The normalized spacial score (nSPS) is 18.3. The fourth-order valence-electron chi connectivity index (χ4n) is 4.23. The fraction of sp³-hybridized carbons (Fsp3) is 0.579. The second-order valence-electron chi connectivity index (χ2n) is 7.47. The van der Waals surface area contributed by atoms with Crippen LogP contribution in [0.25, 0.3) is 0 Å². The van der Waals surface area contributed by atoms with Gasteiger partial charge >= 0.3 is 6.03 Å². The number of nitrogens with one attached hydrogen (secondary N) is 3. The van der Waals surface area contributed by atoms with Gasteiger partial charge in [0.15, 0.2) is 5.78 Å². The van der Waals surface area contributed by atoms with Crippen molar-refractivity contribution < 1.29 is 19.2 Å². The molecule has 0 aromatic carbocycles. The van der Waals surface area contributed by atoms with Crippen molar-refractivity contribution in [1.29, 1.82) is 0 Å². The van der Waals surface area contributed by atoms with E-state index < -0.39 is 5.54 Å². The summed E-state index contributed by atoms with van der Waals surface area (Å²) in [5.41, 5.74) is 1.53. The molecule has 1 spiro atoms. The molecule has 4 amide bonds. The molecule has 2 fully saturated rings. The van der Waals surface area contributed by atoms with Gasteiger partial charge in [-0.2, -0.15) is 0 Å². The summed E-state index contributed by atoms with van der Waals surface area (Å²) in [6, 6.07) is -0.338. The highest BCUT2D eigenvalue weighted by Gasteiger charge is 2.51.